The molecule has 1 aromatic carbocycles. The van der Waals surface area contributed by atoms with Gasteiger partial charge in [0.2, 0.25) is 5.78 Å². The number of benzene rings is 1. The largest absolute Gasteiger partial charge is 0.511 e. The fourth-order valence-corrected chi connectivity index (χ4v) is 7.54. The Bertz CT molecular complexity index is 1440. The first-order valence-corrected chi connectivity index (χ1v) is 13.3. The van der Waals surface area contributed by atoms with Gasteiger partial charge in [-0.1, -0.05) is 52.0 Å². The zero-order valence-electron chi connectivity index (χ0n) is 23.7. The van der Waals surface area contributed by atoms with Crippen molar-refractivity contribution in [3.63, 3.8) is 0 Å². The second-order valence-corrected chi connectivity index (χ2v) is 12.5. The van der Waals surface area contributed by atoms with Crippen LogP contribution in [0.1, 0.15) is 82.8 Å². The molecule has 4 rings (SSSR count). The van der Waals surface area contributed by atoms with Crippen molar-refractivity contribution >= 4 is 22.9 Å². The standard InChI is InChI=1S/C32H38O7/c1-15(2)9-10-17(5)19-11-12-21(34)23-20(19)13-30(7)14-31(8)24(16(3)4)26(35)22(18(6)33)28(37)32(31,39)29(38)25(30)27(23)36/h10-12,16,24,34-35,38-39H,1,9,13-14H2,2-8H3/b17-10-/t24?,30-,31-,32+/m1/s1. The lowest BCUT2D eigenvalue weighted by atomic mass is 9.44. The van der Waals surface area contributed by atoms with Crippen LogP contribution in [-0.2, 0) is 16.0 Å². The van der Waals surface area contributed by atoms with Crippen molar-refractivity contribution in [2.24, 2.45) is 22.7 Å². The molecular formula is C32H38O7. The van der Waals surface area contributed by atoms with Gasteiger partial charge in [0.05, 0.1) is 5.56 Å². The van der Waals surface area contributed by atoms with E-state index in [1.54, 1.807) is 19.9 Å². The van der Waals surface area contributed by atoms with Gasteiger partial charge in [-0.05, 0) is 68.7 Å². The Kier molecular flexibility index (Phi) is 6.63. The third-order valence-electron chi connectivity index (χ3n) is 9.07. The number of hydrogen-bond acceptors (Lipinski definition) is 7. The molecule has 3 aliphatic carbocycles. The number of ketones is 3. The van der Waals surface area contributed by atoms with Crippen LogP contribution < -0.4 is 0 Å². The quantitative estimate of drug-likeness (QED) is 0.281. The number of aliphatic hydroxyl groups is 3. The molecule has 0 heterocycles. The molecule has 0 aliphatic heterocycles. The Balaban J connectivity index is 2.04. The highest BCUT2D eigenvalue weighted by molar-refractivity contribution is 6.25. The van der Waals surface area contributed by atoms with E-state index in [-0.39, 0.29) is 35.6 Å². The predicted molar refractivity (Wildman–Crippen MR) is 148 cm³/mol. The molecule has 0 radical (unpaired) electrons. The lowest BCUT2D eigenvalue weighted by Crippen LogP contribution is -2.67. The summed E-state index contributed by atoms with van der Waals surface area (Å²) in [7, 11) is 0. The minimum absolute atomic E-state index is 0.0238. The molecule has 1 unspecified atom stereocenters. The Hall–Kier alpha value is -3.45. The fraction of sp³-hybridized carbons (Fsp3) is 0.469. The van der Waals surface area contributed by atoms with E-state index < -0.39 is 56.8 Å². The molecule has 0 saturated heterocycles. The van der Waals surface area contributed by atoms with E-state index in [0.29, 0.717) is 12.0 Å². The first-order valence-electron chi connectivity index (χ1n) is 13.3. The maximum atomic E-state index is 14.1. The van der Waals surface area contributed by atoms with Gasteiger partial charge in [-0.25, -0.2) is 0 Å². The third kappa shape index (κ3) is 3.77. The highest BCUT2D eigenvalue weighted by Gasteiger charge is 2.71. The highest BCUT2D eigenvalue weighted by Crippen LogP contribution is 2.65. The molecule has 208 valence electrons. The summed E-state index contributed by atoms with van der Waals surface area (Å²) in [4.78, 5) is 40.3. The highest BCUT2D eigenvalue weighted by atomic mass is 16.3. The van der Waals surface area contributed by atoms with Crippen LogP contribution in [0.25, 0.3) is 5.57 Å². The minimum atomic E-state index is -2.61. The number of phenolic OH excluding ortho intramolecular Hbond substituents is 1. The van der Waals surface area contributed by atoms with Gasteiger partial charge in [-0.2, -0.15) is 0 Å². The summed E-state index contributed by atoms with van der Waals surface area (Å²) in [5.41, 5.74) is -2.50. The zero-order valence-corrected chi connectivity index (χ0v) is 23.7. The molecule has 4 N–H and O–H groups in total. The number of aromatic hydroxyl groups is 1. The topological polar surface area (TPSA) is 132 Å². The van der Waals surface area contributed by atoms with Crippen LogP contribution in [0.2, 0.25) is 0 Å². The zero-order chi connectivity index (χ0) is 29.4. The number of carbonyl (C=O) groups is 3. The molecule has 7 heteroatoms. The maximum Gasteiger partial charge on any atom is 0.209 e. The van der Waals surface area contributed by atoms with Gasteiger partial charge in [0.25, 0.3) is 0 Å². The van der Waals surface area contributed by atoms with E-state index in [1.165, 1.54) is 6.07 Å². The summed E-state index contributed by atoms with van der Waals surface area (Å²) >= 11 is 0. The number of allylic oxidation sites excluding steroid dienone is 5. The van der Waals surface area contributed by atoms with Crippen molar-refractivity contribution in [2.45, 2.75) is 73.3 Å². The number of fused-ring (bicyclic) bond motifs is 3. The number of phenols is 1. The summed E-state index contributed by atoms with van der Waals surface area (Å²) in [5, 5.41) is 45.8. The molecule has 7 nitrogen and oxygen atoms in total. The molecule has 0 bridgehead atoms. The predicted octanol–water partition coefficient (Wildman–Crippen LogP) is 5.72. The summed E-state index contributed by atoms with van der Waals surface area (Å²) in [6.07, 6.45) is 2.96. The van der Waals surface area contributed by atoms with Crippen LogP contribution in [0.15, 0.2) is 53.0 Å². The molecule has 0 fully saturated rings. The Morgan fingerprint density at radius 3 is 2.28 bits per heavy atom. The lowest BCUT2D eigenvalue weighted by Gasteiger charge is -2.59. The SMILES string of the molecule is C=C(C)C/C=C(/C)c1ccc(O)c2c1C[C@]1(C)C[C@]3(C)C(C(C)C)C(O)=C(C(C)=O)C(=O)[C@]3(O)C(O)=C1C2=O. The Morgan fingerprint density at radius 1 is 1.13 bits per heavy atom. The molecular weight excluding hydrogens is 496 g/mol. The van der Waals surface area contributed by atoms with E-state index in [9.17, 15) is 34.8 Å². The second kappa shape index (κ2) is 9.05. The lowest BCUT2D eigenvalue weighted by molar-refractivity contribution is -0.171. The number of aliphatic hydroxyl groups excluding tert-OH is 2. The Labute approximate surface area is 229 Å². The number of carbonyl (C=O) groups excluding carboxylic acids is 3. The van der Waals surface area contributed by atoms with Gasteiger partial charge in [0, 0.05) is 22.3 Å². The van der Waals surface area contributed by atoms with Crippen LogP contribution in [-0.4, -0.2) is 43.4 Å². The van der Waals surface area contributed by atoms with Crippen LogP contribution in [0, 0.1) is 22.7 Å². The van der Waals surface area contributed by atoms with Gasteiger partial charge in [-0.3, -0.25) is 14.4 Å². The van der Waals surface area contributed by atoms with Gasteiger partial charge >= 0.3 is 0 Å². The van der Waals surface area contributed by atoms with Crippen LogP contribution >= 0.6 is 0 Å². The third-order valence-corrected chi connectivity index (χ3v) is 9.07. The summed E-state index contributed by atoms with van der Waals surface area (Å²) in [6, 6.07) is 3.19. The van der Waals surface area contributed by atoms with E-state index in [4.69, 9.17) is 0 Å². The smallest absolute Gasteiger partial charge is 0.209 e. The average Bonchev–Trinajstić information content (AvgIpc) is 2.79. The molecule has 1 aromatic rings. The fourth-order valence-electron chi connectivity index (χ4n) is 7.54. The van der Waals surface area contributed by atoms with Gasteiger partial charge < -0.3 is 20.4 Å². The molecule has 0 spiro atoms. The van der Waals surface area contributed by atoms with E-state index >= 15 is 0 Å². The van der Waals surface area contributed by atoms with Gasteiger partial charge in [0.1, 0.15) is 22.8 Å². The number of rotatable bonds is 5. The summed E-state index contributed by atoms with van der Waals surface area (Å²) in [6.45, 7) is 16.0. The van der Waals surface area contributed by atoms with Crippen molar-refractivity contribution < 1.29 is 34.8 Å². The van der Waals surface area contributed by atoms with Crippen molar-refractivity contribution in [2.75, 3.05) is 0 Å². The van der Waals surface area contributed by atoms with Crippen molar-refractivity contribution in [3.8, 4) is 5.75 Å². The van der Waals surface area contributed by atoms with E-state index in [0.717, 1.165) is 23.6 Å². The minimum Gasteiger partial charge on any atom is -0.511 e. The van der Waals surface area contributed by atoms with E-state index in [2.05, 4.69) is 6.58 Å². The molecule has 0 amide bonds. The summed E-state index contributed by atoms with van der Waals surface area (Å²) in [5.74, 6) is -5.15. The molecule has 0 aromatic heterocycles. The van der Waals surface area contributed by atoms with Crippen LogP contribution in [0.5, 0.6) is 5.75 Å². The number of hydrogen-bond donors (Lipinski definition) is 4. The van der Waals surface area contributed by atoms with Crippen LogP contribution in [0.4, 0.5) is 0 Å². The van der Waals surface area contributed by atoms with Crippen LogP contribution in [0.3, 0.4) is 0 Å². The van der Waals surface area contributed by atoms with Gasteiger partial charge in [0.15, 0.2) is 17.2 Å². The first kappa shape index (κ1) is 28.6. The van der Waals surface area contributed by atoms with Crippen molar-refractivity contribution in [1.82, 2.24) is 0 Å². The molecule has 39 heavy (non-hydrogen) atoms. The van der Waals surface area contributed by atoms with Gasteiger partial charge in [-0.15, -0.1) is 0 Å². The van der Waals surface area contributed by atoms with Crippen molar-refractivity contribution in [1.29, 1.82) is 0 Å². The van der Waals surface area contributed by atoms with E-state index in [1.807, 2.05) is 33.8 Å². The second-order valence-electron chi connectivity index (χ2n) is 12.5. The number of Topliss-reactive ketones (excluding diaryl/α,β-unsaturated/α-hetero) is 3. The molecule has 3 aliphatic rings. The summed E-state index contributed by atoms with van der Waals surface area (Å²) < 4.78 is 0. The maximum absolute atomic E-state index is 14.1. The normalized spacial score (nSPS) is 30.8. The average molecular weight is 535 g/mol. The molecule has 4 atom stereocenters. The van der Waals surface area contributed by atoms with Crippen molar-refractivity contribution in [3.05, 3.63) is 69.7 Å². The Morgan fingerprint density at radius 2 is 1.74 bits per heavy atom. The first-order chi connectivity index (χ1) is 17.9. The molecule has 0 saturated carbocycles. The monoisotopic (exact) mass is 534 g/mol.